The fourth-order valence-electron chi connectivity index (χ4n) is 2.66. The first-order valence-electron chi connectivity index (χ1n) is 8.07. The first-order chi connectivity index (χ1) is 11.3. The lowest BCUT2D eigenvalue weighted by molar-refractivity contribution is 0.0218. The number of aromatic nitrogens is 1. The third-order valence-corrected chi connectivity index (χ3v) is 5.44. The van der Waals surface area contributed by atoms with Crippen molar-refractivity contribution in [3.8, 4) is 0 Å². The molecule has 2 aromatic rings. The van der Waals surface area contributed by atoms with Crippen molar-refractivity contribution < 1.29 is 18.2 Å². The molecule has 1 unspecified atom stereocenters. The van der Waals surface area contributed by atoms with Crippen molar-refractivity contribution in [1.82, 2.24) is 9.88 Å². The lowest BCUT2D eigenvalue weighted by atomic mass is 10.1. The Bertz CT molecular complexity index is 724. The SMILES string of the molecule is CC(C)(C)OC(=O)N1CCC(S(=O)c2nc3ccccc3o2)CC1. The van der Waals surface area contributed by atoms with Gasteiger partial charge in [0.15, 0.2) is 5.58 Å². The molecule has 1 aliphatic rings. The number of ether oxygens (including phenoxy) is 1. The number of rotatable bonds is 2. The number of fused-ring (bicyclic) bond motifs is 1. The van der Waals surface area contributed by atoms with Crippen LogP contribution >= 0.6 is 0 Å². The Morgan fingerprint density at radius 3 is 2.58 bits per heavy atom. The third kappa shape index (κ3) is 3.77. The van der Waals surface area contributed by atoms with Crippen LogP contribution in [0.2, 0.25) is 0 Å². The highest BCUT2D eigenvalue weighted by atomic mass is 32.2. The summed E-state index contributed by atoms with van der Waals surface area (Å²) in [4.78, 5) is 18.1. The van der Waals surface area contributed by atoms with Crippen LogP contribution in [0.5, 0.6) is 0 Å². The van der Waals surface area contributed by atoms with E-state index in [1.54, 1.807) is 4.90 Å². The summed E-state index contributed by atoms with van der Waals surface area (Å²) in [6, 6.07) is 7.38. The minimum Gasteiger partial charge on any atom is -0.444 e. The van der Waals surface area contributed by atoms with Crippen molar-refractivity contribution in [2.45, 2.75) is 49.7 Å². The van der Waals surface area contributed by atoms with Gasteiger partial charge in [-0.05, 0) is 45.7 Å². The summed E-state index contributed by atoms with van der Waals surface area (Å²) in [6.45, 7) is 6.61. The second-order valence-corrected chi connectivity index (χ2v) is 8.52. The van der Waals surface area contributed by atoms with Crippen LogP contribution in [0.15, 0.2) is 33.9 Å². The molecule has 3 rings (SSSR count). The van der Waals surface area contributed by atoms with Crippen LogP contribution in [0.3, 0.4) is 0 Å². The monoisotopic (exact) mass is 350 g/mol. The highest BCUT2D eigenvalue weighted by Gasteiger charge is 2.31. The maximum atomic E-state index is 12.7. The van der Waals surface area contributed by atoms with Gasteiger partial charge in [-0.15, -0.1) is 0 Å². The fourth-order valence-corrected chi connectivity index (χ4v) is 3.94. The van der Waals surface area contributed by atoms with Gasteiger partial charge in [0.25, 0.3) is 5.22 Å². The molecule has 1 aliphatic heterocycles. The van der Waals surface area contributed by atoms with E-state index in [0.717, 1.165) is 0 Å². The van der Waals surface area contributed by atoms with Crippen LogP contribution in [-0.2, 0) is 15.5 Å². The highest BCUT2D eigenvalue weighted by molar-refractivity contribution is 7.85. The van der Waals surface area contributed by atoms with E-state index in [2.05, 4.69) is 4.98 Å². The summed E-state index contributed by atoms with van der Waals surface area (Å²) in [5, 5.41) is 0.212. The van der Waals surface area contributed by atoms with Gasteiger partial charge >= 0.3 is 6.09 Å². The minimum atomic E-state index is -1.31. The molecule has 6 nitrogen and oxygen atoms in total. The lowest BCUT2D eigenvalue weighted by Crippen LogP contribution is -2.43. The molecule has 0 radical (unpaired) electrons. The summed E-state index contributed by atoms with van der Waals surface area (Å²) < 4.78 is 23.7. The van der Waals surface area contributed by atoms with Crippen molar-refractivity contribution in [2.24, 2.45) is 0 Å². The average Bonchev–Trinajstić information content (AvgIpc) is 2.96. The van der Waals surface area contributed by atoms with E-state index in [-0.39, 0.29) is 16.6 Å². The molecule has 24 heavy (non-hydrogen) atoms. The van der Waals surface area contributed by atoms with E-state index in [9.17, 15) is 9.00 Å². The Morgan fingerprint density at radius 2 is 1.96 bits per heavy atom. The van der Waals surface area contributed by atoms with Crippen molar-refractivity contribution in [3.63, 3.8) is 0 Å². The first-order valence-corrected chi connectivity index (χ1v) is 9.29. The number of piperidine rings is 1. The first kappa shape index (κ1) is 17.0. The van der Waals surface area contributed by atoms with Crippen molar-refractivity contribution in [3.05, 3.63) is 24.3 Å². The van der Waals surface area contributed by atoms with Gasteiger partial charge in [0.05, 0.1) is 0 Å². The Balaban J connectivity index is 1.62. The molecule has 0 aliphatic carbocycles. The Hall–Kier alpha value is -1.89. The Kier molecular flexibility index (Phi) is 4.62. The molecule has 1 fully saturated rings. The molecule has 2 heterocycles. The van der Waals surface area contributed by atoms with Crippen LogP contribution in [0.4, 0.5) is 4.79 Å². The number of benzene rings is 1. The molecular weight excluding hydrogens is 328 g/mol. The second kappa shape index (κ2) is 6.55. The number of nitrogens with zero attached hydrogens (tertiary/aromatic N) is 2. The van der Waals surface area contributed by atoms with Gasteiger partial charge in [-0.2, -0.15) is 0 Å². The number of amides is 1. The maximum Gasteiger partial charge on any atom is 0.410 e. The summed E-state index contributed by atoms with van der Waals surface area (Å²) in [5.74, 6) is 0. The quantitative estimate of drug-likeness (QED) is 0.830. The average molecular weight is 350 g/mol. The number of carbonyl (C=O) groups is 1. The normalized spacial score (nSPS) is 17.9. The molecule has 0 spiro atoms. The van der Waals surface area contributed by atoms with E-state index in [1.165, 1.54) is 0 Å². The highest BCUT2D eigenvalue weighted by Crippen LogP contribution is 2.24. The third-order valence-electron chi connectivity index (χ3n) is 3.84. The maximum absolute atomic E-state index is 12.7. The van der Waals surface area contributed by atoms with E-state index >= 15 is 0 Å². The fraction of sp³-hybridized carbons (Fsp3) is 0.529. The van der Waals surface area contributed by atoms with Crippen LogP contribution < -0.4 is 0 Å². The minimum absolute atomic E-state index is 0.0586. The largest absolute Gasteiger partial charge is 0.444 e. The second-order valence-electron chi connectivity index (χ2n) is 6.91. The Morgan fingerprint density at radius 1 is 1.29 bits per heavy atom. The van der Waals surface area contributed by atoms with E-state index in [0.29, 0.717) is 37.0 Å². The zero-order valence-corrected chi connectivity index (χ0v) is 15.0. The molecule has 1 aromatic carbocycles. The lowest BCUT2D eigenvalue weighted by Gasteiger charge is -2.32. The van der Waals surface area contributed by atoms with Crippen LogP contribution in [0, 0.1) is 0 Å². The molecule has 1 saturated heterocycles. The van der Waals surface area contributed by atoms with Crippen molar-refractivity contribution in [2.75, 3.05) is 13.1 Å². The molecule has 1 atom stereocenters. The summed E-state index contributed by atoms with van der Waals surface area (Å²) in [6.07, 6.45) is 0.975. The van der Waals surface area contributed by atoms with Gasteiger partial charge in [0, 0.05) is 18.3 Å². The van der Waals surface area contributed by atoms with Crippen molar-refractivity contribution >= 4 is 28.0 Å². The smallest absolute Gasteiger partial charge is 0.410 e. The molecule has 0 N–H and O–H groups in total. The summed E-state index contributed by atoms with van der Waals surface area (Å²) >= 11 is 0. The van der Waals surface area contributed by atoms with E-state index < -0.39 is 16.4 Å². The number of carbonyl (C=O) groups excluding carboxylic acids is 1. The number of hydrogen-bond donors (Lipinski definition) is 0. The van der Waals surface area contributed by atoms with Gasteiger partial charge in [-0.25, -0.2) is 14.0 Å². The predicted molar refractivity (Wildman–Crippen MR) is 91.2 cm³/mol. The predicted octanol–water partition coefficient (Wildman–Crippen LogP) is 3.33. The van der Waals surface area contributed by atoms with Crippen LogP contribution in [-0.4, -0.2) is 44.1 Å². The number of hydrogen-bond acceptors (Lipinski definition) is 5. The van der Waals surface area contributed by atoms with Gasteiger partial charge < -0.3 is 14.1 Å². The van der Waals surface area contributed by atoms with Gasteiger partial charge in [0.2, 0.25) is 0 Å². The Labute approximate surface area is 143 Å². The molecule has 1 aromatic heterocycles. The molecule has 0 bridgehead atoms. The van der Waals surface area contributed by atoms with Gasteiger partial charge in [-0.3, -0.25) is 0 Å². The van der Waals surface area contributed by atoms with Gasteiger partial charge in [-0.1, -0.05) is 12.1 Å². The zero-order valence-electron chi connectivity index (χ0n) is 14.2. The summed E-state index contributed by atoms with van der Waals surface area (Å²) in [5.41, 5.74) is 0.855. The molecule has 7 heteroatoms. The standard InChI is InChI=1S/C17H22N2O4S/c1-17(2,3)23-16(20)19-10-8-12(9-11-19)24(21)15-18-13-6-4-5-7-14(13)22-15/h4-7,12H,8-11H2,1-3H3. The zero-order chi connectivity index (χ0) is 17.3. The molecule has 130 valence electrons. The summed E-state index contributed by atoms with van der Waals surface area (Å²) in [7, 11) is -1.31. The molecule has 1 amide bonds. The van der Waals surface area contributed by atoms with Gasteiger partial charge in [0.1, 0.15) is 21.9 Å². The van der Waals surface area contributed by atoms with Crippen molar-refractivity contribution in [1.29, 1.82) is 0 Å². The van der Waals surface area contributed by atoms with E-state index in [4.69, 9.17) is 9.15 Å². The van der Waals surface area contributed by atoms with E-state index in [1.807, 2.05) is 45.0 Å². The topological polar surface area (TPSA) is 72.6 Å². The molecule has 0 saturated carbocycles. The number of likely N-dealkylation sites (tertiary alicyclic amines) is 1. The number of oxazole rings is 1. The van der Waals surface area contributed by atoms with Crippen LogP contribution in [0.1, 0.15) is 33.6 Å². The molecular formula is C17H22N2O4S. The number of para-hydroxylation sites is 2. The van der Waals surface area contributed by atoms with Crippen LogP contribution in [0.25, 0.3) is 11.1 Å².